The highest BCUT2D eigenvalue weighted by molar-refractivity contribution is 5.54. The summed E-state index contributed by atoms with van der Waals surface area (Å²) in [5.74, 6) is 0.938. The molecule has 0 saturated heterocycles. The maximum atomic E-state index is 12.2. The molecule has 0 spiro atoms. The fourth-order valence-electron chi connectivity index (χ4n) is 2.11. The summed E-state index contributed by atoms with van der Waals surface area (Å²) in [6.45, 7) is 8.17. The summed E-state index contributed by atoms with van der Waals surface area (Å²) < 4.78 is 5.69. The minimum Gasteiger partial charge on any atom is -0.451 e. The van der Waals surface area contributed by atoms with Crippen LogP contribution in [0.3, 0.4) is 0 Å². The summed E-state index contributed by atoms with van der Waals surface area (Å²) in [7, 11) is 1.83. The van der Waals surface area contributed by atoms with Crippen LogP contribution in [0.15, 0.2) is 35.1 Å². The third-order valence-electron chi connectivity index (χ3n) is 3.28. The molecule has 1 heterocycles. The summed E-state index contributed by atoms with van der Waals surface area (Å²) in [6.07, 6.45) is 0. The van der Waals surface area contributed by atoms with Gasteiger partial charge in [-0.15, -0.1) is 0 Å². The van der Waals surface area contributed by atoms with Crippen LogP contribution >= 0.6 is 0 Å². The van der Waals surface area contributed by atoms with Gasteiger partial charge in [-0.05, 0) is 19.1 Å². The Labute approximate surface area is 125 Å². The Morgan fingerprint density at radius 1 is 1.14 bits per heavy atom. The van der Waals surface area contributed by atoms with E-state index in [0.29, 0.717) is 5.75 Å². The van der Waals surface area contributed by atoms with Crippen LogP contribution in [0.1, 0.15) is 32.0 Å². The van der Waals surface area contributed by atoms with Crippen molar-refractivity contribution in [3.05, 3.63) is 51.9 Å². The number of aryl methyl sites for hydroxylation is 1. The lowest BCUT2D eigenvalue weighted by Crippen LogP contribution is -2.22. The number of nitrogens with one attached hydrogen (secondary N) is 2. The SMILES string of the molecule is CNc1cc(Oc2ccc(C)cc2)c(=O)[nH]c1C(C)(C)C. The standard InChI is InChI=1S/C17H22N2O2/c1-11-6-8-12(9-7-11)21-14-10-13(18-5)15(17(2,3)4)19-16(14)20/h6-10,18H,1-5H3,(H,19,20). The lowest BCUT2D eigenvalue weighted by atomic mass is 9.90. The Morgan fingerprint density at radius 2 is 1.76 bits per heavy atom. The van der Waals surface area contributed by atoms with Gasteiger partial charge in [0.05, 0.1) is 5.69 Å². The van der Waals surface area contributed by atoms with Crippen molar-refractivity contribution in [3.8, 4) is 11.5 Å². The van der Waals surface area contributed by atoms with Gasteiger partial charge in [0.1, 0.15) is 5.75 Å². The van der Waals surface area contributed by atoms with Gasteiger partial charge >= 0.3 is 0 Å². The van der Waals surface area contributed by atoms with Crippen molar-refractivity contribution < 1.29 is 4.74 Å². The monoisotopic (exact) mass is 286 g/mol. The van der Waals surface area contributed by atoms with E-state index in [1.165, 1.54) is 0 Å². The highest BCUT2D eigenvalue weighted by atomic mass is 16.5. The summed E-state index contributed by atoms with van der Waals surface area (Å²) in [6, 6.07) is 9.36. The zero-order valence-electron chi connectivity index (χ0n) is 13.2. The fourth-order valence-corrected chi connectivity index (χ4v) is 2.11. The van der Waals surface area contributed by atoms with Crippen molar-refractivity contribution >= 4 is 5.69 Å². The molecule has 4 nitrogen and oxygen atoms in total. The van der Waals surface area contributed by atoms with Crippen molar-refractivity contribution in [2.24, 2.45) is 0 Å². The first-order valence-electron chi connectivity index (χ1n) is 7.01. The number of anilines is 1. The molecule has 4 heteroatoms. The van der Waals surface area contributed by atoms with E-state index in [1.54, 1.807) is 6.07 Å². The van der Waals surface area contributed by atoms with Gasteiger partial charge in [0.15, 0.2) is 5.75 Å². The van der Waals surface area contributed by atoms with Gasteiger partial charge in [-0.3, -0.25) is 4.79 Å². The minimum atomic E-state index is -0.223. The fraction of sp³-hybridized carbons (Fsp3) is 0.353. The van der Waals surface area contributed by atoms with Crippen LogP contribution in [0, 0.1) is 6.92 Å². The minimum absolute atomic E-state index is 0.153. The molecule has 0 bridgehead atoms. The maximum absolute atomic E-state index is 12.2. The highest BCUT2D eigenvalue weighted by Crippen LogP contribution is 2.29. The molecule has 2 aromatic rings. The second-order valence-electron chi connectivity index (χ2n) is 6.17. The van der Waals surface area contributed by atoms with E-state index in [1.807, 2.05) is 38.2 Å². The topological polar surface area (TPSA) is 54.1 Å². The summed E-state index contributed by atoms with van der Waals surface area (Å²) in [5, 5.41) is 3.11. The first-order chi connectivity index (χ1) is 9.81. The zero-order chi connectivity index (χ0) is 15.6. The number of aromatic nitrogens is 1. The van der Waals surface area contributed by atoms with E-state index < -0.39 is 0 Å². The molecular weight excluding hydrogens is 264 g/mol. The van der Waals surface area contributed by atoms with Gasteiger partial charge in [0.2, 0.25) is 0 Å². The van der Waals surface area contributed by atoms with Crippen LogP contribution in [0.25, 0.3) is 0 Å². The van der Waals surface area contributed by atoms with Gasteiger partial charge in [0.25, 0.3) is 5.56 Å². The zero-order valence-corrected chi connectivity index (χ0v) is 13.2. The average Bonchev–Trinajstić information content (AvgIpc) is 2.42. The van der Waals surface area contributed by atoms with Gasteiger partial charge in [0, 0.05) is 24.2 Å². The second kappa shape index (κ2) is 5.64. The Balaban J connectivity index is 2.41. The van der Waals surface area contributed by atoms with Gasteiger partial charge in [-0.25, -0.2) is 0 Å². The first-order valence-corrected chi connectivity index (χ1v) is 7.01. The predicted octanol–water partition coefficient (Wildman–Crippen LogP) is 3.81. The van der Waals surface area contributed by atoms with Gasteiger partial charge < -0.3 is 15.0 Å². The molecule has 0 aliphatic carbocycles. The van der Waals surface area contributed by atoms with Crippen LogP contribution in [0.4, 0.5) is 5.69 Å². The molecule has 1 aromatic heterocycles. The summed E-state index contributed by atoms with van der Waals surface area (Å²) in [4.78, 5) is 15.1. The van der Waals surface area contributed by atoms with Crippen LogP contribution in [-0.2, 0) is 5.41 Å². The van der Waals surface area contributed by atoms with Crippen molar-refractivity contribution in [1.29, 1.82) is 0 Å². The third kappa shape index (κ3) is 3.45. The van der Waals surface area contributed by atoms with E-state index in [2.05, 4.69) is 31.1 Å². The number of H-pyrrole nitrogens is 1. The average molecular weight is 286 g/mol. The third-order valence-corrected chi connectivity index (χ3v) is 3.28. The number of hydrogen-bond donors (Lipinski definition) is 2. The van der Waals surface area contributed by atoms with Crippen LogP contribution in [0.2, 0.25) is 0 Å². The Morgan fingerprint density at radius 3 is 2.29 bits per heavy atom. The molecule has 0 aliphatic rings. The Kier molecular flexibility index (Phi) is 4.07. The van der Waals surface area contributed by atoms with Crippen molar-refractivity contribution in [3.63, 3.8) is 0 Å². The van der Waals surface area contributed by atoms with Crippen LogP contribution in [-0.4, -0.2) is 12.0 Å². The molecule has 1 aromatic carbocycles. The largest absolute Gasteiger partial charge is 0.451 e. The summed E-state index contributed by atoms with van der Waals surface area (Å²) in [5.41, 5.74) is 2.50. The predicted molar refractivity (Wildman–Crippen MR) is 86.6 cm³/mol. The first kappa shape index (κ1) is 15.2. The van der Waals surface area contributed by atoms with Crippen molar-refractivity contribution in [2.75, 3.05) is 12.4 Å². The van der Waals surface area contributed by atoms with Crippen molar-refractivity contribution in [1.82, 2.24) is 4.98 Å². The molecule has 21 heavy (non-hydrogen) atoms. The molecule has 0 atom stereocenters. The smallest absolute Gasteiger partial charge is 0.291 e. The van der Waals surface area contributed by atoms with Gasteiger partial charge in [-0.1, -0.05) is 38.5 Å². The van der Waals surface area contributed by atoms with Gasteiger partial charge in [-0.2, -0.15) is 0 Å². The van der Waals surface area contributed by atoms with E-state index >= 15 is 0 Å². The molecule has 0 fully saturated rings. The molecule has 0 aliphatic heterocycles. The maximum Gasteiger partial charge on any atom is 0.291 e. The van der Waals surface area contributed by atoms with Crippen LogP contribution < -0.4 is 15.6 Å². The molecule has 0 amide bonds. The normalized spacial score (nSPS) is 11.3. The highest BCUT2D eigenvalue weighted by Gasteiger charge is 2.20. The molecule has 2 N–H and O–H groups in total. The Bertz CT molecular complexity index is 679. The quantitative estimate of drug-likeness (QED) is 0.902. The van der Waals surface area contributed by atoms with E-state index in [4.69, 9.17) is 4.74 Å². The Hall–Kier alpha value is -2.23. The molecule has 2 rings (SSSR count). The number of pyridine rings is 1. The molecule has 0 unspecified atom stereocenters. The number of aromatic amines is 1. The number of hydrogen-bond acceptors (Lipinski definition) is 3. The van der Waals surface area contributed by atoms with E-state index in [-0.39, 0.29) is 16.7 Å². The lowest BCUT2D eigenvalue weighted by Gasteiger charge is -2.22. The molecule has 112 valence electrons. The second-order valence-corrected chi connectivity index (χ2v) is 6.17. The molecule has 0 saturated carbocycles. The number of rotatable bonds is 3. The molecule has 0 radical (unpaired) electrons. The van der Waals surface area contributed by atoms with E-state index in [9.17, 15) is 4.79 Å². The number of ether oxygens (including phenoxy) is 1. The van der Waals surface area contributed by atoms with E-state index in [0.717, 1.165) is 16.9 Å². The number of benzene rings is 1. The van der Waals surface area contributed by atoms with Crippen LogP contribution in [0.5, 0.6) is 11.5 Å². The molecular formula is C17H22N2O2. The van der Waals surface area contributed by atoms with Crippen molar-refractivity contribution in [2.45, 2.75) is 33.1 Å². The summed E-state index contributed by atoms with van der Waals surface area (Å²) >= 11 is 0. The lowest BCUT2D eigenvalue weighted by molar-refractivity contribution is 0.471.